The van der Waals surface area contributed by atoms with E-state index in [1.165, 1.54) is 18.1 Å². The van der Waals surface area contributed by atoms with Gasteiger partial charge in [-0.05, 0) is 68.7 Å². The van der Waals surface area contributed by atoms with Gasteiger partial charge in [0.15, 0.2) is 12.4 Å². The second-order valence-electron chi connectivity index (χ2n) is 6.00. The highest BCUT2D eigenvalue weighted by molar-refractivity contribution is 5.94. The van der Waals surface area contributed by atoms with Crippen LogP contribution in [0.5, 0.6) is 5.75 Å². The third-order valence-electron chi connectivity index (χ3n) is 4.04. The number of nitrogens with one attached hydrogen (secondary N) is 1. The molecule has 0 bridgehead atoms. The summed E-state index contributed by atoms with van der Waals surface area (Å²) in [6.45, 7) is 7.52. The van der Waals surface area contributed by atoms with Gasteiger partial charge in [0.05, 0.1) is 6.04 Å². The lowest BCUT2D eigenvalue weighted by Gasteiger charge is -2.16. The van der Waals surface area contributed by atoms with Gasteiger partial charge in [0.1, 0.15) is 5.75 Å². The summed E-state index contributed by atoms with van der Waals surface area (Å²) in [5.74, 6) is 0.381. The van der Waals surface area contributed by atoms with E-state index < -0.39 is 0 Å². The number of amides is 1. The van der Waals surface area contributed by atoms with Crippen LogP contribution in [0.25, 0.3) is 0 Å². The molecule has 0 saturated carbocycles. The van der Waals surface area contributed by atoms with Gasteiger partial charge >= 0.3 is 0 Å². The molecule has 4 heteroatoms. The molecule has 1 unspecified atom stereocenters. The third-order valence-corrected chi connectivity index (χ3v) is 4.04. The number of ether oxygens (including phenoxy) is 1. The zero-order valence-electron chi connectivity index (χ0n) is 14.6. The van der Waals surface area contributed by atoms with Crippen LogP contribution < -0.4 is 10.1 Å². The van der Waals surface area contributed by atoms with Crippen LogP contribution in [0.1, 0.15) is 46.9 Å². The average Bonchev–Trinajstić information content (AvgIpc) is 2.55. The predicted molar refractivity (Wildman–Crippen MR) is 94.4 cm³/mol. The number of ketones is 1. The monoisotopic (exact) mass is 325 g/mol. The molecule has 126 valence electrons. The lowest BCUT2D eigenvalue weighted by molar-refractivity contribution is -0.123. The van der Waals surface area contributed by atoms with Gasteiger partial charge in [-0.15, -0.1) is 0 Å². The maximum absolute atomic E-state index is 12.0. The summed E-state index contributed by atoms with van der Waals surface area (Å²) in [6.07, 6.45) is 0. The van der Waals surface area contributed by atoms with Crippen molar-refractivity contribution in [1.29, 1.82) is 0 Å². The highest BCUT2D eigenvalue weighted by atomic mass is 16.5. The Morgan fingerprint density at radius 2 is 1.71 bits per heavy atom. The van der Waals surface area contributed by atoms with Crippen molar-refractivity contribution in [2.75, 3.05) is 6.61 Å². The molecule has 1 amide bonds. The van der Waals surface area contributed by atoms with Gasteiger partial charge < -0.3 is 10.1 Å². The van der Waals surface area contributed by atoms with E-state index in [1.807, 2.05) is 13.0 Å². The summed E-state index contributed by atoms with van der Waals surface area (Å²) in [6, 6.07) is 12.8. The lowest BCUT2D eigenvalue weighted by atomic mass is 10.0. The Hall–Kier alpha value is -2.62. The molecule has 1 atom stereocenters. The highest BCUT2D eigenvalue weighted by Gasteiger charge is 2.11. The van der Waals surface area contributed by atoms with E-state index in [0.29, 0.717) is 11.3 Å². The maximum atomic E-state index is 12.0. The highest BCUT2D eigenvalue weighted by Crippen LogP contribution is 2.17. The molecule has 0 aromatic heterocycles. The molecule has 24 heavy (non-hydrogen) atoms. The molecule has 0 spiro atoms. The minimum absolute atomic E-state index is 0.00140. The van der Waals surface area contributed by atoms with Crippen molar-refractivity contribution in [2.24, 2.45) is 0 Å². The Labute approximate surface area is 142 Å². The molecule has 2 aromatic carbocycles. The number of aryl methyl sites for hydroxylation is 2. The molecular weight excluding hydrogens is 302 g/mol. The first kappa shape index (κ1) is 17.7. The van der Waals surface area contributed by atoms with Crippen molar-refractivity contribution in [2.45, 2.75) is 33.7 Å². The number of benzene rings is 2. The molecule has 1 N–H and O–H groups in total. The van der Waals surface area contributed by atoms with E-state index in [1.54, 1.807) is 24.3 Å². The Morgan fingerprint density at radius 3 is 2.29 bits per heavy atom. The van der Waals surface area contributed by atoms with Crippen molar-refractivity contribution < 1.29 is 14.3 Å². The standard InChI is InChI=1S/C20H23NO3/c1-13-5-6-18(11-14(13)2)15(3)21-20(23)12-24-19-9-7-17(8-10-19)16(4)22/h5-11,15H,12H2,1-4H3,(H,21,23). The smallest absolute Gasteiger partial charge is 0.258 e. The van der Waals surface area contributed by atoms with E-state index in [4.69, 9.17) is 4.74 Å². The Morgan fingerprint density at radius 1 is 1.04 bits per heavy atom. The number of hydrogen-bond acceptors (Lipinski definition) is 3. The van der Waals surface area contributed by atoms with E-state index in [9.17, 15) is 9.59 Å². The van der Waals surface area contributed by atoms with Gasteiger partial charge in [-0.1, -0.05) is 18.2 Å². The molecule has 0 radical (unpaired) electrons. The Bertz CT molecular complexity index is 735. The third kappa shape index (κ3) is 4.69. The van der Waals surface area contributed by atoms with Crippen LogP contribution in [0.3, 0.4) is 0 Å². The van der Waals surface area contributed by atoms with Crippen molar-refractivity contribution >= 4 is 11.7 Å². The number of carbonyl (C=O) groups is 2. The van der Waals surface area contributed by atoms with Crippen LogP contribution in [0, 0.1) is 13.8 Å². The van der Waals surface area contributed by atoms with Crippen LogP contribution in [0.4, 0.5) is 0 Å². The molecule has 2 rings (SSSR count). The van der Waals surface area contributed by atoms with E-state index in [-0.39, 0.29) is 24.3 Å². The summed E-state index contributed by atoms with van der Waals surface area (Å²) in [7, 11) is 0. The first-order valence-electron chi connectivity index (χ1n) is 7.97. The van der Waals surface area contributed by atoms with Gasteiger partial charge in [-0.25, -0.2) is 0 Å². The molecule has 0 heterocycles. The number of rotatable bonds is 6. The first-order valence-corrected chi connectivity index (χ1v) is 7.97. The first-order chi connectivity index (χ1) is 11.4. The average molecular weight is 325 g/mol. The van der Waals surface area contributed by atoms with Crippen molar-refractivity contribution in [1.82, 2.24) is 5.32 Å². The zero-order chi connectivity index (χ0) is 17.7. The van der Waals surface area contributed by atoms with Crippen LogP contribution in [0.2, 0.25) is 0 Å². The second-order valence-corrected chi connectivity index (χ2v) is 6.00. The van der Waals surface area contributed by atoms with Crippen molar-refractivity contribution in [3.63, 3.8) is 0 Å². The van der Waals surface area contributed by atoms with Gasteiger partial charge in [0.25, 0.3) is 5.91 Å². The molecule has 4 nitrogen and oxygen atoms in total. The minimum atomic E-state index is -0.184. The van der Waals surface area contributed by atoms with Crippen LogP contribution >= 0.6 is 0 Å². The number of hydrogen-bond donors (Lipinski definition) is 1. The molecular formula is C20H23NO3. The quantitative estimate of drug-likeness (QED) is 0.823. The lowest BCUT2D eigenvalue weighted by Crippen LogP contribution is -2.31. The Kier molecular flexibility index (Phi) is 5.74. The summed E-state index contributed by atoms with van der Waals surface area (Å²) >= 11 is 0. The summed E-state index contributed by atoms with van der Waals surface area (Å²) in [4.78, 5) is 23.3. The summed E-state index contributed by atoms with van der Waals surface area (Å²) in [5.41, 5.74) is 4.12. The van der Waals surface area contributed by atoms with Crippen LogP contribution in [-0.4, -0.2) is 18.3 Å². The van der Waals surface area contributed by atoms with E-state index >= 15 is 0 Å². The fraction of sp³-hybridized carbons (Fsp3) is 0.300. The normalized spacial score (nSPS) is 11.7. The van der Waals surface area contributed by atoms with Crippen LogP contribution in [0.15, 0.2) is 42.5 Å². The Balaban J connectivity index is 1.88. The van der Waals surface area contributed by atoms with Gasteiger partial charge in [-0.3, -0.25) is 9.59 Å². The van der Waals surface area contributed by atoms with Crippen LogP contribution in [-0.2, 0) is 4.79 Å². The topological polar surface area (TPSA) is 55.4 Å². The SMILES string of the molecule is CC(=O)c1ccc(OCC(=O)NC(C)c2ccc(C)c(C)c2)cc1. The van der Waals surface area contributed by atoms with Crippen molar-refractivity contribution in [3.05, 3.63) is 64.7 Å². The number of carbonyl (C=O) groups excluding carboxylic acids is 2. The fourth-order valence-electron chi connectivity index (χ4n) is 2.34. The molecule has 2 aromatic rings. The summed E-state index contributed by atoms with van der Waals surface area (Å²) < 4.78 is 5.46. The predicted octanol–water partition coefficient (Wildman–Crippen LogP) is 3.76. The number of Topliss-reactive ketones (excluding diaryl/α,β-unsaturated/α-hetero) is 1. The maximum Gasteiger partial charge on any atom is 0.258 e. The molecule has 0 saturated heterocycles. The molecule has 0 aliphatic rings. The second kappa shape index (κ2) is 7.77. The minimum Gasteiger partial charge on any atom is -0.484 e. The van der Waals surface area contributed by atoms with Gasteiger partial charge in [0.2, 0.25) is 0 Å². The largest absolute Gasteiger partial charge is 0.484 e. The fourth-order valence-corrected chi connectivity index (χ4v) is 2.34. The molecule has 0 aliphatic carbocycles. The van der Waals surface area contributed by atoms with E-state index in [0.717, 1.165) is 5.56 Å². The zero-order valence-corrected chi connectivity index (χ0v) is 14.6. The van der Waals surface area contributed by atoms with Gasteiger partial charge in [-0.2, -0.15) is 0 Å². The summed E-state index contributed by atoms with van der Waals surface area (Å²) in [5, 5.41) is 2.92. The van der Waals surface area contributed by atoms with Crippen molar-refractivity contribution in [3.8, 4) is 5.75 Å². The van der Waals surface area contributed by atoms with Gasteiger partial charge in [0, 0.05) is 5.56 Å². The molecule has 0 aliphatic heterocycles. The van der Waals surface area contributed by atoms with E-state index in [2.05, 4.69) is 31.3 Å². The molecule has 0 fully saturated rings.